The first-order valence-corrected chi connectivity index (χ1v) is 12.0. The number of hydrogen-bond acceptors (Lipinski definition) is 1. The summed E-state index contributed by atoms with van der Waals surface area (Å²) in [5, 5.41) is 0. The zero-order chi connectivity index (χ0) is 19.7. The molecule has 27 heavy (non-hydrogen) atoms. The van der Waals surface area contributed by atoms with Crippen LogP contribution in [-0.4, -0.2) is 28.7 Å². The van der Waals surface area contributed by atoms with Gasteiger partial charge in [-0.2, -0.15) is 0 Å². The minimum atomic E-state index is -1.15. The van der Waals surface area contributed by atoms with Crippen LogP contribution in [0.1, 0.15) is 33.4 Å². The predicted octanol–water partition coefficient (Wildman–Crippen LogP) is 5.76. The van der Waals surface area contributed by atoms with Gasteiger partial charge in [-0.15, -0.1) is 0 Å². The number of rotatable bonds is 4. The van der Waals surface area contributed by atoms with Crippen LogP contribution >= 0.6 is 0 Å². The summed E-state index contributed by atoms with van der Waals surface area (Å²) in [5.41, 5.74) is 13.5. The fourth-order valence-corrected chi connectivity index (χ4v) is 6.79. The molecule has 0 atom stereocenters. The fraction of sp³-hybridized carbons (Fsp3) is 0.280. The van der Waals surface area contributed by atoms with Gasteiger partial charge in [0.05, 0.1) is 0 Å². The molecule has 0 aromatic heterocycles. The molecule has 0 spiro atoms. The quantitative estimate of drug-likeness (QED) is 0.447. The molecule has 0 fully saturated rings. The molecule has 0 N–H and O–H groups in total. The Bertz CT molecular complexity index is 879. The summed E-state index contributed by atoms with van der Waals surface area (Å²) in [5.74, 6) is 0. The van der Waals surface area contributed by atoms with Gasteiger partial charge < -0.3 is 0 Å². The Hall–Kier alpha value is -1.58. The normalized spacial score (nSPS) is 11.1. The molecule has 2 heteroatoms. The van der Waals surface area contributed by atoms with Crippen molar-refractivity contribution in [2.75, 3.05) is 7.11 Å². The Labute approximate surface area is 174 Å². The summed E-state index contributed by atoms with van der Waals surface area (Å²) in [4.78, 5) is 0. The maximum absolute atomic E-state index is 5.83. The molecule has 0 aliphatic heterocycles. The Morgan fingerprint density at radius 1 is 0.630 bits per heavy atom. The summed E-state index contributed by atoms with van der Waals surface area (Å²) in [7, 11) is 1.86. The van der Waals surface area contributed by atoms with E-state index in [1.54, 1.807) is 0 Å². The Kier molecular flexibility index (Phi) is 6.12. The third-order valence-electron chi connectivity index (χ3n) is 5.16. The molecular formula is C25H28OSn. The van der Waals surface area contributed by atoms with E-state index < -0.39 is 21.6 Å². The zero-order valence-corrected chi connectivity index (χ0v) is 20.3. The van der Waals surface area contributed by atoms with Gasteiger partial charge in [0.15, 0.2) is 0 Å². The Morgan fingerprint density at radius 2 is 1.00 bits per heavy atom. The van der Waals surface area contributed by atoms with Crippen molar-refractivity contribution in [2.24, 2.45) is 0 Å². The van der Waals surface area contributed by atoms with Crippen LogP contribution in [0.4, 0.5) is 0 Å². The minimum absolute atomic E-state index is 1.15. The predicted molar refractivity (Wildman–Crippen MR) is 118 cm³/mol. The van der Waals surface area contributed by atoms with E-state index in [9.17, 15) is 0 Å². The first-order chi connectivity index (χ1) is 12.8. The summed E-state index contributed by atoms with van der Waals surface area (Å²) < 4.78 is 7.27. The molecular weight excluding hydrogens is 435 g/mol. The molecule has 3 rings (SSSR count). The topological polar surface area (TPSA) is 9.23 Å². The van der Waals surface area contributed by atoms with Crippen LogP contribution in [0.2, 0.25) is 0 Å². The second kappa shape index (κ2) is 8.20. The van der Waals surface area contributed by atoms with Crippen LogP contribution in [0.15, 0.2) is 42.5 Å². The first kappa shape index (κ1) is 20.2. The summed E-state index contributed by atoms with van der Waals surface area (Å²) in [6.45, 7) is 13.3. The van der Waals surface area contributed by atoms with Gasteiger partial charge in [0, 0.05) is 0 Å². The van der Waals surface area contributed by atoms with Gasteiger partial charge in [-0.1, -0.05) is 0 Å². The first-order valence-electron chi connectivity index (χ1n) is 9.42. The van der Waals surface area contributed by atoms with Crippen LogP contribution in [-0.2, 0) is 3.07 Å². The third kappa shape index (κ3) is 4.00. The second-order valence-electron chi connectivity index (χ2n) is 7.58. The van der Waals surface area contributed by atoms with Gasteiger partial charge in [-0.3, -0.25) is 0 Å². The van der Waals surface area contributed by atoms with E-state index in [-0.39, 0.29) is 0 Å². The molecule has 2 radical (unpaired) electrons. The van der Waals surface area contributed by atoms with Gasteiger partial charge in [0.1, 0.15) is 0 Å². The van der Waals surface area contributed by atoms with E-state index in [0.29, 0.717) is 0 Å². The molecule has 0 aliphatic carbocycles. The maximum atomic E-state index is 5.83. The fourth-order valence-electron chi connectivity index (χ4n) is 4.39. The molecule has 3 aromatic carbocycles. The van der Waals surface area contributed by atoms with Crippen molar-refractivity contribution in [3.8, 4) is 22.3 Å². The molecule has 0 saturated carbocycles. The number of aryl methyl sites for hydroxylation is 6. The van der Waals surface area contributed by atoms with E-state index in [0.717, 1.165) is 0 Å². The van der Waals surface area contributed by atoms with E-state index in [4.69, 9.17) is 3.07 Å². The Morgan fingerprint density at radius 3 is 1.33 bits per heavy atom. The van der Waals surface area contributed by atoms with Crippen LogP contribution in [0, 0.1) is 41.5 Å². The van der Waals surface area contributed by atoms with Crippen LogP contribution in [0.25, 0.3) is 22.3 Å². The van der Waals surface area contributed by atoms with E-state index in [1.165, 1.54) is 59.2 Å². The van der Waals surface area contributed by atoms with E-state index in [2.05, 4.69) is 84.0 Å². The van der Waals surface area contributed by atoms with Gasteiger partial charge in [0.25, 0.3) is 0 Å². The van der Waals surface area contributed by atoms with Crippen LogP contribution in [0.5, 0.6) is 0 Å². The van der Waals surface area contributed by atoms with Crippen LogP contribution < -0.4 is 3.58 Å². The molecule has 0 bridgehead atoms. The van der Waals surface area contributed by atoms with Crippen molar-refractivity contribution in [1.29, 1.82) is 0 Å². The zero-order valence-electron chi connectivity index (χ0n) is 17.4. The van der Waals surface area contributed by atoms with E-state index >= 15 is 0 Å². The van der Waals surface area contributed by atoms with Gasteiger partial charge in [-0.25, -0.2) is 0 Å². The van der Waals surface area contributed by atoms with Gasteiger partial charge >= 0.3 is 175 Å². The standard InChI is InChI=1S/C24H25.CH3O.Sn/c1-15-10-17(3)23(18(4)11-15)21-8-7-9-22(14-21)24-19(5)12-16(2)13-20(24)6;1-2;/h7-13H,1-6H3;1H3;/q;-1;+1. The monoisotopic (exact) mass is 464 g/mol. The van der Waals surface area contributed by atoms with Crippen molar-refractivity contribution in [3.05, 3.63) is 75.8 Å². The van der Waals surface area contributed by atoms with E-state index in [1.807, 2.05) is 7.11 Å². The van der Waals surface area contributed by atoms with Crippen LogP contribution in [0.3, 0.4) is 0 Å². The summed E-state index contributed by atoms with van der Waals surface area (Å²) in [6, 6.07) is 15.9. The van der Waals surface area contributed by atoms with Crippen molar-refractivity contribution in [2.45, 2.75) is 41.5 Å². The SMILES string of the molecule is C[O][Sn][c]1c(-c2c(C)cc(C)cc2C)cccc1-c1c(C)cc(C)cc1C. The van der Waals surface area contributed by atoms with Crippen molar-refractivity contribution in [1.82, 2.24) is 0 Å². The average molecular weight is 463 g/mol. The molecule has 0 heterocycles. The third-order valence-corrected chi connectivity index (χ3v) is 7.86. The molecule has 3 aromatic rings. The second-order valence-corrected chi connectivity index (χ2v) is 10.8. The summed E-state index contributed by atoms with van der Waals surface area (Å²) in [6.07, 6.45) is 0. The van der Waals surface area contributed by atoms with Crippen molar-refractivity contribution in [3.63, 3.8) is 0 Å². The number of hydrogen-bond donors (Lipinski definition) is 0. The van der Waals surface area contributed by atoms with Crippen molar-refractivity contribution >= 4 is 25.1 Å². The molecule has 0 amide bonds. The molecule has 0 unspecified atom stereocenters. The number of benzene rings is 3. The summed E-state index contributed by atoms with van der Waals surface area (Å²) >= 11 is -1.15. The molecule has 0 saturated heterocycles. The molecule has 1 nitrogen and oxygen atoms in total. The van der Waals surface area contributed by atoms with Gasteiger partial charge in [0.2, 0.25) is 0 Å². The average Bonchev–Trinajstić information content (AvgIpc) is 2.55. The van der Waals surface area contributed by atoms with Crippen molar-refractivity contribution < 1.29 is 3.07 Å². The molecule has 0 aliphatic rings. The van der Waals surface area contributed by atoms with Gasteiger partial charge in [-0.05, 0) is 0 Å². The molecule has 138 valence electrons. The Balaban J connectivity index is 2.33.